The normalized spacial score (nSPS) is 31.1. The highest BCUT2D eigenvalue weighted by Crippen LogP contribution is 2.33. The lowest BCUT2D eigenvalue weighted by Crippen LogP contribution is -2.42. The second-order valence-electron chi connectivity index (χ2n) is 4.32. The molecule has 0 aromatic carbocycles. The molecule has 2 unspecified atom stereocenters. The third-order valence-electron chi connectivity index (χ3n) is 2.70. The third kappa shape index (κ3) is 2.32. The molecule has 3 nitrogen and oxygen atoms in total. The molecule has 0 radical (unpaired) electrons. The Morgan fingerprint density at radius 1 is 1.33 bits per heavy atom. The molecule has 4 heteroatoms. The van der Waals surface area contributed by atoms with Crippen LogP contribution in [0.5, 0.6) is 0 Å². The Morgan fingerprint density at radius 2 is 1.93 bits per heavy atom. The van der Waals surface area contributed by atoms with Crippen LogP contribution in [-0.4, -0.2) is 19.3 Å². The maximum Gasteiger partial charge on any atom is 0.277 e. The summed E-state index contributed by atoms with van der Waals surface area (Å²) in [4.78, 5) is 0. The van der Waals surface area contributed by atoms with E-state index in [1.54, 1.807) is 32.9 Å². The van der Waals surface area contributed by atoms with E-state index in [1.165, 1.54) is 0 Å². The molecule has 0 amide bonds. The van der Waals surface area contributed by atoms with Crippen LogP contribution in [0.15, 0.2) is 24.3 Å². The van der Waals surface area contributed by atoms with E-state index in [-0.39, 0.29) is 12.0 Å². The minimum atomic E-state index is -3.57. The van der Waals surface area contributed by atoms with Crippen molar-refractivity contribution < 1.29 is 12.6 Å². The molecule has 0 saturated heterocycles. The van der Waals surface area contributed by atoms with Crippen molar-refractivity contribution in [2.75, 3.05) is 0 Å². The van der Waals surface area contributed by atoms with Gasteiger partial charge in [-0.15, -0.1) is 0 Å². The van der Waals surface area contributed by atoms with E-state index < -0.39 is 14.9 Å². The summed E-state index contributed by atoms with van der Waals surface area (Å²) in [5, 5.41) is 0. The van der Waals surface area contributed by atoms with Gasteiger partial charge in [-0.3, -0.25) is 4.18 Å². The Kier molecular flexibility index (Phi) is 3.41. The first-order chi connectivity index (χ1) is 6.79. The lowest BCUT2D eigenvalue weighted by atomic mass is 9.91. The van der Waals surface area contributed by atoms with Crippen molar-refractivity contribution in [2.45, 2.75) is 38.5 Å². The summed E-state index contributed by atoms with van der Waals surface area (Å²) >= 11 is 0. The fourth-order valence-electron chi connectivity index (χ4n) is 1.49. The monoisotopic (exact) mass is 230 g/mol. The zero-order valence-corrected chi connectivity index (χ0v) is 10.4. The number of rotatable bonds is 3. The molecule has 0 fully saturated rings. The van der Waals surface area contributed by atoms with Crippen molar-refractivity contribution in [3.05, 3.63) is 24.3 Å². The van der Waals surface area contributed by atoms with Gasteiger partial charge in [-0.25, -0.2) is 0 Å². The van der Waals surface area contributed by atoms with Crippen LogP contribution in [0.2, 0.25) is 0 Å². The first-order valence-corrected chi connectivity index (χ1v) is 6.49. The molecule has 0 heterocycles. The van der Waals surface area contributed by atoms with E-state index in [9.17, 15) is 8.42 Å². The summed E-state index contributed by atoms with van der Waals surface area (Å²) in [7, 11) is -3.57. The topological polar surface area (TPSA) is 43.4 Å². The minimum Gasteiger partial charge on any atom is -0.267 e. The molecule has 1 aliphatic carbocycles. The van der Waals surface area contributed by atoms with Crippen molar-refractivity contribution in [3.8, 4) is 0 Å². The SMILES string of the molecule is CC(C)OS(=O)(=O)C1(C)C=CC=CC1C. The zero-order valence-electron chi connectivity index (χ0n) is 9.60. The lowest BCUT2D eigenvalue weighted by molar-refractivity contribution is 0.236. The summed E-state index contributed by atoms with van der Waals surface area (Å²) in [6.07, 6.45) is 6.85. The second kappa shape index (κ2) is 4.10. The zero-order chi connectivity index (χ0) is 11.7. The van der Waals surface area contributed by atoms with E-state index in [2.05, 4.69) is 0 Å². The lowest BCUT2D eigenvalue weighted by Gasteiger charge is -2.32. The van der Waals surface area contributed by atoms with Gasteiger partial charge in [-0.1, -0.05) is 31.2 Å². The molecule has 0 aliphatic heterocycles. The Balaban J connectivity index is 3.05. The van der Waals surface area contributed by atoms with Gasteiger partial charge in [0.25, 0.3) is 10.1 Å². The minimum absolute atomic E-state index is 0.0775. The van der Waals surface area contributed by atoms with Crippen LogP contribution in [0.3, 0.4) is 0 Å². The predicted molar refractivity (Wildman–Crippen MR) is 61.0 cm³/mol. The standard InChI is InChI=1S/C11H18O3S/c1-9(2)14-15(12,13)11(4)8-6-5-7-10(11)3/h5-10H,1-4H3. The van der Waals surface area contributed by atoms with Crippen molar-refractivity contribution in [1.82, 2.24) is 0 Å². The summed E-state index contributed by atoms with van der Waals surface area (Å²) in [6, 6.07) is 0. The molecule has 2 atom stereocenters. The van der Waals surface area contributed by atoms with E-state index in [0.717, 1.165) is 0 Å². The maximum atomic E-state index is 12.0. The Labute approximate surface area is 92.0 Å². The first-order valence-electron chi connectivity index (χ1n) is 5.08. The Bertz CT molecular complexity index is 379. The average molecular weight is 230 g/mol. The van der Waals surface area contributed by atoms with E-state index in [1.807, 2.05) is 19.1 Å². The summed E-state index contributed by atoms with van der Waals surface area (Å²) in [6.45, 7) is 7.00. The van der Waals surface area contributed by atoms with Crippen LogP contribution in [0, 0.1) is 5.92 Å². The molecule has 0 saturated carbocycles. The number of allylic oxidation sites excluding steroid dienone is 3. The second-order valence-corrected chi connectivity index (χ2v) is 6.30. The Hall–Kier alpha value is -0.610. The summed E-state index contributed by atoms with van der Waals surface area (Å²) < 4.78 is 28.1. The van der Waals surface area contributed by atoms with Gasteiger partial charge >= 0.3 is 0 Å². The van der Waals surface area contributed by atoms with Crippen molar-refractivity contribution >= 4 is 10.1 Å². The average Bonchev–Trinajstić information content (AvgIpc) is 2.07. The molecule has 1 rings (SSSR count). The van der Waals surface area contributed by atoms with Crippen LogP contribution in [0.25, 0.3) is 0 Å². The Morgan fingerprint density at radius 3 is 2.40 bits per heavy atom. The molecule has 0 spiro atoms. The molecule has 15 heavy (non-hydrogen) atoms. The molecule has 0 aromatic heterocycles. The fourth-order valence-corrected chi connectivity index (χ4v) is 2.98. The van der Waals surface area contributed by atoms with Crippen molar-refractivity contribution in [2.24, 2.45) is 5.92 Å². The largest absolute Gasteiger partial charge is 0.277 e. The van der Waals surface area contributed by atoms with Gasteiger partial charge in [0.1, 0.15) is 4.75 Å². The molecule has 0 aromatic rings. The summed E-state index contributed by atoms with van der Waals surface area (Å²) in [5.74, 6) is -0.0775. The quantitative estimate of drug-likeness (QED) is 0.698. The highest BCUT2D eigenvalue weighted by Gasteiger charge is 2.43. The van der Waals surface area contributed by atoms with Gasteiger partial charge in [-0.2, -0.15) is 8.42 Å². The molecular formula is C11H18O3S. The van der Waals surface area contributed by atoms with Crippen LogP contribution in [0.4, 0.5) is 0 Å². The summed E-state index contributed by atoms with van der Waals surface area (Å²) in [5.41, 5.74) is 0. The van der Waals surface area contributed by atoms with Gasteiger partial charge in [0.2, 0.25) is 0 Å². The van der Waals surface area contributed by atoms with Crippen LogP contribution in [0.1, 0.15) is 27.7 Å². The molecule has 1 aliphatic rings. The van der Waals surface area contributed by atoms with Crippen molar-refractivity contribution in [3.63, 3.8) is 0 Å². The third-order valence-corrected chi connectivity index (χ3v) is 4.92. The number of hydrogen-bond donors (Lipinski definition) is 0. The van der Waals surface area contributed by atoms with E-state index in [4.69, 9.17) is 4.18 Å². The van der Waals surface area contributed by atoms with Gasteiger partial charge in [0.05, 0.1) is 6.10 Å². The van der Waals surface area contributed by atoms with Crippen LogP contribution >= 0.6 is 0 Å². The number of hydrogen-bond acceptors (Lipinski definition) is 3. The predicted octanol–water partition coefficient (Wildman–Crippen LogP) is 2.26. The highest BCUT2D eigenvalue weighted by atomic mass is 32.2. The molecule has 0 N–H and O–H groups in total. The van der Waals surface area contributed by atoms with E-state index >= 15 is 0 Å². The van der Waals surface area contributed by atoms with Gasteiger partial charge in [0.15, 0.2) is 0 Å². The maximum absolute atomic E-state index is 12.0. The van der Waals surface area contributed by atoms with Crippen LogP contribution < -0.4 is 0 Å². The highest BCUT2D eigenvalue weighted by molar-refractivity contribution is 7.88. The van der Waals surface area contributed by atoms with Gasteiger partial charge in [-0.05, 0) is 26.7 Å². The molecule has 86 valence electrons. The first kappa shape index (κ1) is 12.5. The van der Waals surface area contributed by atoms with Gasteiger partial charge < -0.3 is 0 Å². The smallest absolute Gasteiger partial charge is 0.267 e. The van der Waals surface area contributed by atoms with Gasteiger partial charge in [0, 0.05) is 0 Å². The van der Waals surface area contributed by atoms with E-state index in [0.29, 0.717) is 0 Å². The molecular weight excluding hydrogens is 212 g/mol. The fraction of sp³-hybridized carbons (Fsp3) is 0.636. The molecule has 0 bridgehead atoms. The van der Waals surface area contributed by atoms with Crippen molar-refractivity contribution in [1.29, 1.82) is 0 Å². The van der Waals surface area contributed by atoms with Crippen LogP contribution in [-0.2, 0) is 14.3 Å².